The number of rotatable bonds is 7. The number of anilines is 1. The zero-order valence-corrected chi connectivity index (χ0v) is 18.9. The zero-order chi connectivity index (χ0) is 23.4. The topological polar surface area (TPSA) is 130 Å². The highest BCUT2D eigenvalue weighted by Crippen LogP contribution is 2.25. The number of sulfonamides is 1. The lowest BCUT2D eigenvalue weighted by atomic mass is 10.1. The first-order valence-corrected chi connectivity index (χ1v) is 12.1. The number of H-pyrrole nitrogens is 1. The monoisotopic (exact) mass is 488 g/mol. The molecule has 0 aliphatic carbocycles. The van der Waals surface area contributed by atoms with Gasteiger partial charge in [0.2, 0.25) is 10.0 Å². The minimum Gasteiger partial charge on any atom is -0.377 e. The summed E-state index contributed by atoms with van der Waals surface area (Å²) in [6.45, 7) is 0.753. The number of carbonyl (C=O) groups excluding carboxylic acids is 1. The first kappa shape index (κ1) is 23.1. The second-order valence-corrected chi connectivity index (χ2v) is 9.62. The lowest BCUT2D eigenvalue weighted by Crippen LogP contribution is -2.32. The minimum atomic E-state index is -3.93. The lowest BCUT2D eigenvalue weighted by Gasteiger charge is -2.13. The quantitative estimate of drug-likeness (QED) is 0.468. The van der Waals surface area contributed by atoms with Crippen molar-refractivity contribution in [3.8, 4) is 11.3 Å². The van der Waals surface area contributed by atoms with Gasteiger partial charge in [0.05, 0.1) is 16.8 Å². The van der Waals surface area contributed by atoms with E-state index in [0.717, 1.165) is 12.8 Å². The standard InChI is InChI=1S/C22H21ClN4O5S/c23-18-7-6-15(12-20(18)33(30,31)24-13-17-5-2-10-32-17)22(29)25-16-4-1-3-14(11-16)19-8-9-21(28)27-26-19/h1,3-4,6-9,11-12,17,24H,2,5,10,13H2,(H,25,29)(H,27,28). The number of nitrogens with zero attached hydrogens (tertiary/aromatic N) is 1. The molecule has 1 unspecified atom stereocenters. The van der Waals surface area contributed by atoms with Crippen LogP contribution in [0.25, 0.3) is 11.3 Å². The molecule has 2 aromatic carbocycles. The molecule has 1 aliphatic rings. The van der Waals surface area contributed by atoms with E-state index in [1.807, 2.05) is 0 Å². The Morgan fingerprint density at radius 1 is 1.18 bits per heavy atom. The van der Waals surface area contributed by atoms with E-state index >= 15 is 0 Å². The second kappa shape index (κ2) is 9.84. The van der Waals surface area contributed by atoms with Crippen LogP contribution in [0.3, 0.4) is 0 Å². The van der Waals surface area contributed by atoms with Crippen LogP contribution in [0.5, 0.6) is 0 Å². The van der Waals surface area contributed by atoms with Crippen molar-refractivity contribution in [3.05, 3.63) is 75.5 Å². The van der Waals surface area contributed by atoms with Crippen molar-refractivity contribution in [2.24, 2.45) is 0 Å². The van der Waals surface area contributed by atoms with Gasteiger partial charge in [-0.2, -0.15) is 5.10 Å². The van der Waals surface area contributed by atoms with Crippen LogP contribution in [0.4, 0.5) is 5.69 Å². The summed E-state index contributed by atoms with van der Waals surface area (Å²) < 4.78 is 33.5. The van der Waals surface area contributed by atoms with Crippen LogP contribution < -0.4 is 15.6 Å². The molecule has 1 aliphatic heterocycles. The van der Waals surface area contributed by atoms with E-state index in [1.54, 1.807) is 30.3 Å². The molecule has 9 nitrogen and oxygen atoms in total. The molecule has 3 N–H and O–H groups in total. The van der Waals surface area contributed by atoms with Gasteiger partial charge in [0.15, 0.2) is 0 Å². The van der Waals surface area contributed by atoms with Gasteiger partial charge in [0.1, 0.15) is 4.90 Å². The van der Waals surface area contributed by atoms with Crippen molar-refractivity contribution in [1.29, 1.82) is 0 Å². The number of halogens is 1. The maximum absolute atomic E-state index is 12.8. The lowest BCUT2D eigenvalue weighted by molar-refractivity contribution is 0.102. The van der Waals surface area contributed by atoms with E-state index in [1.165, 1.54) is 24.3 Å². The van der Waals surface area contributed by atoms with Crippen molar-refractivity contribution in [1.82, 2.24) is 14.9 Å². The Bertz CT molecular complexity index is 1320. The predicted molar refractivity (Wildman–Crippen MR) is 124 cm³/mol. The molecule has 172 valence electrons. The summed E-state index contributed by atoms with van der Waals surface area (Å²) in [7, 11) is -3.93. The minimum absolute atomic E-state index is 0.0116. The maximum atomic E-state index is 12.8. The second-order valence-electron chi connectivity index (χ2n) is 7.47. The van der Waals surface area contributed by atoms with Crippen molar-refractivity contribution in [2.75, 3.05) is 18.5 Å². The van der Waals surface area contributed by atoms with Crippen molar-refractivity contribution < 1.29 is 17.9 Å². The Hall–Kier alpha value is -3.05. The molecule has 2 heterocycles. The van der Waals surface area contributed by atoms with Crippen molar-refractivity contribution in [3.63, 3.8) is 0 Å². The van der Waals surface area contributed by atoms with Gasteiger partial charge in [-0.3, -0.25) is 9.59 Å². The summed E-state index contributed by atoms with van der Waals surface area (Å²) in [5, 5.41) is 9.09. The van der Waals surface area contributed by atoms with Gasteiger partial charge in [-0.25, -0.2) is 18.2 Å². The largest absolute Gasteiger partial charge is 0.377 e. The molecule has 1 atom stereocenters. The molecule has 1 aromatic heterocycles. The Morgan fingerprint density at radius 3 is 2.76 bits per heavy atom. The first-order valence-electron chi connectivity index (χ1n) is 10.2. The van der Waals surface area contributed by atoms with E-state index < -0.39 is 15.9 Å². The Balaban J connectivity index is 1.51. The average molecular weight is 489 g/mol. The predicted octanol–water partition coefficient (Wildman–Crippen LogP) is 2.80. The molecule has 1 fully saturated rings. The highest BCUT2D eigenvalue weighted by atomic mass is 35.5. The summed E-state index contributed by atoms with van der Waals surface area (Å²) in [4.78, 5) is 23.8. The summed E-state index contributed by atoms with van der Waals surface area (Å²) in [6, 6.07) is 13.9. The molecule has 0 radical (unpaired) electrons. The number of nitrogens with one attached hydrogen (secondary N) is 3. The zero-order valence-electron chi connectivity index (χ0n) is 17.4. The van der Waals surface area contributed by atoms with E-state index in [-0.39, 0.29) is 33.7 Å². The van der Waals surface area contributed by atoms with Crippen LogP contribution in [-0.2, 0) is 14.8 Å². The van der Waals surface area contributed by atoms with Crippen LogP contribution in [-0.4, -0.2) is 43.8 Å². The number of aromatic nitrogens is 2. The fourth-order valence-corrected chi connectivity index (χ4v) is 4.99. The molecule has 11 heteroatoms. The van der Waals surface area contributed by atoms with Crippen LogP contribution >= 0.6 is 11.6 Å². The fraction of sp³-hybridized carbons (Fsp3) is 0.227. The third-order valence-corrected chi connectivity index (χ3v) is 7.01. The number of aromatic amines is 1. The fourth-order valence-electron chi connectivity index (χ4n) is 3.40. The third kappa shape index (κ3) is 5.66. The summed E-state index contributed by atoms with van der Waals surface area (Å²) in [5.41, 5.74) is 1.50. The number of hydrogen-bond donors (Lipinski definition) is 3. The van der Waals surface area contributed by atoms with Crippen LogP contribution in [0.1, 0.15) is 23.2 Å². The SMILES string of the molecule is O=C(Nc1cccc(-c2ccc(=O)[nH]n2)c1)c1ccc(Cl)c(S(=O)(=O)NCC2CCCO2)c1. The number of carbonyl (C=O) groups is 1. The molecule has 0 spiro atoms. The van der Waals surface area contributed by atoms with Gasteiger partial charge >= 0.3 is 0 Å². The summed E-state index contributed by atoms with van der Waals surface area (Å²) >= 11 is 6.13. The smallest absolute Gasteiger partial charge is 0.264 e. The van der Waals surface area contributed by atoms with Gasteiger partial charge in [-0.1, -0.05) is 23.7 Å². The molecule has 1 saturated heterocycles. The molecule has 33 heavy (non-hydrogen) atoms. The Kier molecular flexibility index (Phi) is 6.89. The highest BCUT2D eigenvalue weighted by molar-refractivity contribution is 7.89. The van der Waals surface area contributed by atoms with Gasteiger partial charge < -0.3 is 10.1 Å². The molecular formula is C22H21ClN4O5S. The Labute approximate surface area is 195 Å². The van der Waals surface area contributed by atoms with Crippen molar-refractivity contribution >= 4 is 33.2 Å². The van der Waals surface area contributed by atoms with E-state index in [0.29, 0.717) is 23.6 Å². The number of ether oxygens (including phenoxy) is 1. The maximum Gasteiger partial charge on any atom is 0.264 e. The molecule has 4 rings (SSSR count). The van der Waals surface area contributed by atoms with Crippen LogP contribution in [0.2, 0.25) is 5.02 Å². The first-order chi connectivity index (χ1) is 15.8. The molecule has 3 aromatic rings. The number of hydrogen-bond acceptors (Lipinski definition) is 6. The highest BCUT2D eigenvalue weighted by Gasteiger charge is 2.23. The molecule has 0 saturated carbocycles. The summed E-state index contributed by atoms with van der Waals surface area (Å²) in [5.74, 6) is -0.506. The molecular weight excluding hydrogens is 468 g/mol. The van der Waals surface area contributed by atoms with Crippen molar-refractivity contribution in [2.45, 2.75) is 23.8 Å². The van der Waals surface area contributed by atoms with Crippen LogP contribution in [0.15, 0.2) is 64.3 Å². The summed E-state index contributed by atoms with van der Waals surface area (Å²) in [6.07, 6.45) is 1.50. The molecule has 1 amide bonds. The van der Waals surface area contributed by atoms with Crippen LogP contribution in [0, 0.1) is 0 Å². The Morgan fingerprint density at radius 2 is 2.03 bits per heavy atom. The van der Waals surface area contributed by atoms with E-state index in [4.69, 9.17) is 16.3 Å². The third-order valence-electron chi connectivity index (χ3n) is 5.10. The average Bonchev–Trinajstić information content (AvgIpc) is 3.32. The van der Waals surface area contributed by atoms with E-state index in [2.05, 4.69) is 20.2 Å². The normalized spacial score (nSPS) is 16.0. The van der Waals surface area contributed by atoms with E-state index in [9.17, 15) is 18.0 Å². The van der Waals surface area contributed by atoms with Gasteiger partial charge in [0, 0.05) is 36.0 Å². The van der Waals surface area contributed by atoms with Gasteiger partial charge in [-0.05, 0) is 49.2 Å². The van der Waals surface area contributed by atoms with Gasteiger partial charge in [-0.15, -0.1) is 0 Å². The van der Waals surface area contributed by atoms with Gasteiger partial charge in [0.25, 0.3) is 11.5 Å². The molecule has 0 bridgehead atoms. The number of benzene rings is 2. The number of amides is 1.